The standard InChI is InChI=1S/C14H19NO5.C7H5N.C6H6.C3H9N.C2H6.CH4O/c1-18-11-7-9(14(17)20-3)12(13(15-11)19-2)8-5-4-6-10(8)16;8-6-7-4-2-1-3-5-7;1-2-4-6-5-3-1;1-4(2)3;2*1-2/h7-8,10,16H,4-6H2,1-3H3;1-5H;1-6H;1-3H3;1-2H3;2H,1H3/t8?,10-;;;;;/m0...../s1. The van der Waals surface area contributed by atoms with E-state index in [1.807, 2.05) is 101 Å². The van der Waals surface area contributed by atoms with E-state index in [-0.39, 0.29) is 11.8 Å². The topological polar surface area (TPSA) is 125 Å². The third-order valence-electron chi connectivity index (χ3n) is 5.23. The summed E-state index contributed by atoms with van der Waals surface area (Å²) in [5.74, 6) is -0.0789. The van der Waals surface area contributed by atoms with Crippen LogP contribution in [0.2, 0.25) is 0 Å². The van der Waals surface area contributed by atoms with Crippen molar-refractivity contribution < 1.29 is 29.2 Å². The Balaban J connectivity index is 0. The van der Waals surface area contributed by atoms with Gasteiger partial charge in [-0.15, -0.1) is 0 Å². The maximum absolute atomic E-state index is 12.0. The van der Waals surface area contributed by atoms with Crippen molar-refractivity contribution in [2.24, 2.45) is 0 Å². The van der Waals surface area contributed by atoms with Gasteiger partial charge in [0.05, 0.1) is 44.6 Å². The zero-order chi connectivity index (χ0) is 32.3. The lowest BCUT2D eigenvalue weighted by molar-refractivity contribution is 0.0596. The summed E-state index contributed by atoms with van der Waals surface area (Å²) in [6.07, 6.45) is 1.90. The second-order valence-corrected chi connectivity index (χ2v) is 8.71. The molecule has 3 aromatic rings. The molecule has 2 atom stereocenters. The number of rotatable bonds is 4. The molecule has 1 unspecified atom stereocenters. The van der Waals surface area contributed by atoms with Gasteiger partial charge in [-0.2, -0.15) is 10.2 Å². The molecule has 0 saturated heterocycles. The molecule has 4 rings (SSSR count). The molecule has 1 saturated carbocycles. The number of nitriles is 1. The smallest absolute Gasteiger partial charge is 0.338 e. The van der Waals surface area contributed by atoms with Crippen molar-refractivity contribution in [3.63, 3.8) is 0 Å². The van der Waals surface area contributed by atoms with Gasteiger partial charge in [-0.25, -0.2) is 4.79 Å². The van der Waals surface area contributed by atoms with E-state index >= 15 is 0 Å². The number of aliphatic hydroxyl groups excluding tert-OH is 2. The van der Waals surface area contributed by atoms with Crippen LogP contribution in [0.4, 0.5) is 0 Å². The summed E-state index contributed by atoms with van der Waals surface area (Å²) in [6.45, 7) is 4.00. The first-order valence-corrected chi connectivity index (χ1v) is 13.7. The van der Waals surface area contributed by atoms with Crippen LogP contribution in [-0.4, -0.2) is 81.8 Å². The number of carbonyl (C=O) groups excluding carboxylic acids is 1. The van der Waals surface area contributed by atoms with Crippen LogP contribution in [-0.2, 0) is 4.74 Å². The number of hydrogen-bond acceptors (Lipinski definition) is 9. The number of benzene rings is 2. The molecular weight excluding hydrogens is 534 g/mol. The fraction of sp³-hybridized carbons (Fsp3) is 0.424. The molecule has 0 amide bonds. The van der Waals surface area contributed by atoms with Crippen LogP contribution in [0.5, 0.6) is 11.8 Å². The summed E-state index contributed by atoms with van der Waals surface area (Å²) < 4.78 is 15.2. The van der Waals surface area contributed by atoms with Gasteiger partial charge in [0.1, 0.15) is 0 Å². The second-order valence-electron chi connectivity index (χ2n) is 8.71. The fourth-order valence-corrected chi connectivity index (χ4v) is 3.58. The molecule has 2 N–H and O–H groups in total. The average Bonchev–Trinajstić information content (AvgIpc) is 3.48. The van der Waals surface area contributed by atoms with Crippen molar-refractivity contribution in [3.05, 3.63) is 89.5 Å². The summed E-state index contributed by atoms with van der Waals surface area (Å²) in [6, 6.07) is 24.7. The minimum atomic E-state index is -0.498. The Morgan fingerprint density at radius 2 is 1.38 bits per heavy atom. The number of esters is 1. The van der Waals surface area contributed by atoms with Gasteiger partial charge in [-0.1, -0.05) is 74.9 Å². The van der Waals surface area contributed by atoms with Gasteiger partial charge in [0, 0.05) is 24.7 Å². The third kappa shape index (κ3) is 16.3. The lowest BCUT2D eigenvalue weighted by Crippen LogP contribution is -2.18. The van der Waals surface area contributed by atoms with Crippen molar-refractivity contribution >= 4 is 5.97 Å². The maximum atomic E-state index is 12.0. The molecule has 0 bridgehead atoms. The van der Waals surface area contributed by atoms with Gasteiger partial charge in [0.15, 0.2) is 0 Å². The monoisotopic (exact) mass is 583 g/mol. The number of aromatic nitrogens is 1. The van der Waals surface area contributed by atoms with Gasteiger partial charge in [-0.05, 0) is 46.1 Å². The first kappa shape index (κ1) is 40.2. The van der Waals surface area contributed by atoms with E-state index in [2.05, 4.69) is 4.98 Å². The number of nitrogens with zero attached hydrogens (tertiary/aromatic N) is 3. The van der Waals surface area contributed by atoms with E-state index in [1.165, 1.54) is 27.4 Å². The lowest BCUT2D eigenvalue weighted by atomic mass is 9.92. The van der Waals surface area contributed by atoms with Gasteiger partial charge in [0.2, 0.25) is 11.8 Å². The predicted octanol–water partition coefficient (Wildman–Crippen LogP) is 5.57. The molecule has 1 aliphatic carbocycles. The molecule has 0 radical (unpaired) electrons. The van der Waals surface area contributed by atoms with Crippen molar-refractivity contribution in [2.75, 3.05) is 49.6 Å². The predicted molar refractivity (Wildman–Crippen MR) is 168 cm³/mol. The minimum absolute atomic E-state index is 0.169. The molecule has 232 valence electrons. The molecule has 2 aromatic carbocycles. The van der Waals surface area contributed by atoms with Crippen LogP contribution in [0.25, 0.3) is 0 Å². The number of hydrogen-bond donors (Lipinski definition) is 2. The molecule has 1 aliphatic rings. The Bertz CT molecular complexity index is 1080. The SMILES string of the molecule is CC.CN(C)C.CO.COC(=O)c1cc(OC)nc(OC)c1C1CCC[C@@H]1O.N#Cc1ccccc1.c1ccccc1. The molecule has 1 fully saturated rings. The molecule has 1 aromatic heterocycles. The largest absolute Gasteiger partial charge is 0.481 e. The quantitative estimate of drug-likeness (QED) is 0.379. The summed E-state index contributed by atoms with van der Waals surface area (Å²) in [7, 11) is 11.3. The van der Waals surface area contributed by atoms with E-state index in [0.717, 1.165) is 20.0 Å². The first-order chi connectivity index (χ1) is 20.3. The molecule has 0 spiro atoms. The number of pyridine rings is 1. The number of ether oxygens (including phenoxy) is 3. The van der Waals surface area contributed by atoms with Gasteiger partial charge in [0.25, 0.3) is 0 Å². The number of aliphatic hydroxyl groups is 2. The Kier molecular flexibility index (Phi) is 24.8. The zero-order valence-electron chi connectivity index (χ0n) is 26.6. The van der Waals surface area contributed by atoms with Crippen molar-refractivity contribution in [1.29, 1.82) is 5.26 Å². The highest BCUT2D eigenvalue weighted by atomic mass is 16.5. The molecular formula is C33H49N3O6. The van der Waals surface area contributed by atoms with Gasteiger partial charge in [-0.3, -0.25) is 0 Å². The minimum Gasteiger partial charge on any atom is -0.481 e. The van der Waals surface area contributed by atoms with Gasteiger partial charge < -0.3 is 29.3 Å². The Morgan fingerprint density at radius 1 is 0.905 bits per heavy atom. The molecule has 9 nitrogen and oxygen atoms in total. The average molecular weight is 584 g/mol. The van der Waals surface area contributed by atoms with Crippen molar-refractivity contribution in [1.82, 2.24) is 9.88 Å². The molecule has 1 heterocycles. The van der Waals surface area contributed by atoms with Crippen LogP contribution in [0.1, 0.15) is 60.5 Å². The third-order valence-corrected chi connectivity index (χ3v) is 5.23. The zero-order valence-corrected chi connectivity index (χ0v) is 26.6. The van der Waals surface area contributed by atoms with E-state index in [9.17, 15) is 9.90 Å². The first-order valence-electron chi connectivity index (χ1n) is 13.7. The van der Waals surface area contributed by atoms with Crippen molar-refractivity contribution in [2.45, 2.75) is 45.1 Å². The Hall–Kier alpha value is -3.97. The van der Waals surface area contributed by atoms with Crippen LogP contribution < -0.4 is 9.47 Å². The number of methoxy groups -OCH3 is 3. The van der Waals surface area contributed by atoms with E-state index in [1.54, 1.807) is 12.1 Å². The summed E-state index contributed by atoms with van der Waals surface area (Å²) in [5.41, 5.74) is 1.65. The molecule has 0 aliphatic heterocycles. The van der Waals surface area contributed by atoms with Crippen LogP contribution in [0.3, 0.4) is 0 Å². The normalized spacial score (nSPS) is 14.1. The molecule has 42 heavy (non-hydrogen) atoms. The van der Waals surface area contributed by atoms with E-state index in [4.69, 9.17) is 24.6 Å². The highest BCUT2D eigenvalue weighted by molar-refractivity contribution is 5.92. The maximum Gasteiger partial charge on any atom is 0.338 e. The number of carbonyl (C=O) groups is 1. The fourth-order valence-electron chi connectivity index (χ4n) is 3.58. The van der Waals surface area contributed by atoms with Crippen LogP contribution in [0.15, 0.2) is 72.8 Å². The Morgan fingerprint density at radius 3 is 1.71 bits per heavy atom. The second kappa shape index (κ2) is 26.0. The van der Waals surface area contributed by atoms with E-state index in [0.29, 0.717) is 29.0 Å². The Labute approximate surface area is 252 Å². The van der Waals surface area contributed by atoms with Crippen molar-refractivity contribution in [3.8, 4) is 17.8 Å². The summed E-state index contributed by atoms with van der Waals surface area (Å²) in [4.78, 5) is 18.2. The summed E-state index contributed by atoms with van der Waals surface area (Å²) in [5, 5.41) is 25.4. The summed E-state index contributed by atoms with van der Waals surface area (Å²) >= 11 is 0. The van der Waals surface area contributed by atoms with Crippen LogP contribution in [0, 0.1) is 11.3 Å². The van der Waals surface area contributed by atoms with E-state index < -0.39 is 12.1 Å². The highest BCUT2D eigenvalue weighted by Crippen LogP contribution is 2.41. The highest BCUT2D eigenvalue weighted by Gasteiger charge is 2.34. The lowest BCUT2D eigenvalue weighted by Gasteiger charge is -2.20. The van der Waals surface area contributed by atoms with Crippen LogP contribution >= 0.6 is 0 Å². The molecule has 9 heteroatoms. The van der Waals surface area contributed by atoms with Gasteiger partial charge >= 0.3 is 5.97 Å².